The molecule has 118 valence electrons. The van der Waals surface area contributed by atoms with Gasteiger partial charge >= 0.3 is 0 Å². The van der Waals surface area contributed by atoms with E-state index in [0.29, 0.717) is 0 Å². The average Bonchev–Trinajstić information content (AvgIpc) is 2.90. The van der Waals surface area contributed by atoms with Gasteiger partial charge in [-0.2, -0.15) is 4.31 Å². The van der Waals surface area contributed by atoms with Gasteiger partial charge in [0, 0.05) is 18.7 Å². The Bertz CT molecular complexity index is 853. The molecule has 0 amide bonds. The predicted octanol–water partition coefficient (Wildman–Crippen LogP) is 2.39. The first-order valence-electron chi connectivity index (χ1n) is 7.26. The van der Waals surface area contributed by atoms with Crippen LogP contribution in [0.25, 0.3) is 0 Å². The number of rotatable bonds is 2. The van der Waals surface area contributed by atoms with Gasteiger partial charge in [-0.25, -0.2) is 8.42 Å². The van der Waals surface area contributed by atoms with Crippen molar-refractivity contribution in [3.63, 3.8) is 0 Å². The average molecular weight is 327 g/mol. The maximum absolute atomic E-state index is 12.8. The Kier molecular flexibility index (Phi) is 3.72. The van der Waals surface area contributed by atoms with Gasteiger partial charge in [0.15, 0.2) is 5.78 Å². The highest BCUT2D eigenvalue weighted by atomic mass is 32.2. The topological polar surface area (TPSA) is 54.5 Å². The van der Waals surface area contributed by atoms with Crippen molar-refractivity contribution in [2.75, 3.05) is 13.1 Å². The van der Waals surface area contributed by atoms with Crippen LogP contribution in [-0.4, -0.2) is 31.6 Å². The van der Waals surface area contributed by atoms with Crippen LogP contribution in [0.3, 0.4) is 0 Å². The third-order valence-electron chi connectivity index (χ3n) is 4.30. The number of sulfonamides is 1. The molecule has 1 aromatic carbocycles. The highest BCUT2D eigenvalue weighted by Crippen LogP contribution is 2.41. The van der Waals surface area contributed by atoms with Crippen molar-refractivity contribution in [1.82, 2.24) is 4.31 Å². The first-order valence-corrected chi connectivity index (χ1v) is 8.70. The number of aryl methyl sites for hydroxylation is 1. The summed E-state index contributed by atoms with van der Waals surface area (Å²) in [5.41, 5.74) is 3.99. The molecular weight excluding hydrogens is 310 g/mol. The Morgan fingerprint density at radius 3 is 2.35 bits per heavy atom. The lowest BCUT2D eigenvalue weighted by Crippen LogP contribution is -2.31. The smallest absolute Gasteiger partial charge is 0.243 e. The van der Waals surface area contributed by atoms with Gasteiger partial charge in [-0.15, -0.1) is 5.73 Å². The van der Waals surface area contributed by atoms with E-state index in [1.165, 1.54) is 16.5 Å². The standard InChI is InChI=1S/C18H17NO3S/c1-3-15-12-19(13-18(15)10-8-16(20)9-11-18)23(21,22)17-6-4-14(2)5-7-17/h4-11H,1,12-13H2,2H3. The van der Waals surface area contributed by atoms with Crippen LogP contribution >= 0.6 is 0 Å². The van der Waals surface area contributed by atoms with Crippen LogP contribution < -0.4 is 0 Å². The van der Waals surface area contributed by atoms with Crippen molar-refractivity contribution >= 4 is 15.8 Å². The van der Waals surface area contributed by atoms with E-state index in [9.17, 15) is 13.2 Å². The summed E-state index contributed by atoms with van der Waals surface area (Å²) in [6.07, 6.45) is 6.43. The third-order valence-corrected chi connectivity index (χ3v) is 6.10. The number of nitrogens with zero attached hydrogens (tertiary/aromatic N) is 1. The molecule has 0 unspecified atom stereocenters. The summed E-state index contributed by atoms with van der Waals surface area (Å²) in [5.74, 6) is -0.0983. The van der Waals surface area contributed by atoms with Crippen LogP contribution in [0.15, 0.2) is 71.3 Å². The molecule has 0 saturated carbocycles. The van der Waals surface area contributed by atoms with E-state index in [2.05, 4.69) is 12.3 Å². The van der Waals surface area contributed by atoms with E-state index in [0.717, 1.165) is 11.1 Å². The van der Waals surface area contributed by atoms with Gasteiger partial charge in [-0.05, 0) is 31.2 Å². The zero-order chi connectivity index (χ0) is 16.7. The molecular formula is C18H17NO3S. The lowest BCUT2D eigenvalue weighted by molar-refractivity contribution is -0.110. The molecule has 23 heavy (non-hydrogen) atoms. The number of allylic oxidation sites excluding steroid dienone is 2. The number of benzene rings is 1. The molecule has 1 saturated heterocycles. The quantitative estimate of drug-likeness (QED) is 0.784. The first kappa shape index (κ1) is 15.7. The molecule has 0 bridgehead atoms. The van der Waals surface area contributed by atoms with E-state index in [-0.39, 0.29) is 23.8 Å². The Morgan fingerprint density at radius 2 is 1.78 bits per heavy atom. The van der Waals surface area contributed by atoms with Crippen LogP contribution in [-0.2, 0) is 14.8 Å². The van der Waals surface area contributed by atoms with Crippen LogP contribution in [0.2, 0.25) is 0 Å². The lowest BCUT2D eigenvalue weighted by atomic mass is 9.80. The Morgan fingerprint density at radius 1 is 1.17 bits per heavy atom. The lowest BCUT2D eigenvalue weighted by Gasteiger charge is -2.24. The van der Waals surface area contributed by atoms with Crippen LogP contribution in [0, 0.1) is 12.3 Å². The summed E-state index contributed by atoms with van der Waals surface area (Å²) in [7, 11) is -3.60. The van der Waals surface area contributed by atoms with Crippen molar-refractivity contribution in [3.8, 4) is 0 Å². The Hall–Kier alpha value is -2.20. The summed E-state index contributed by atoms with van der Waals surface area (Å²) >= 11 is 0. The second-order valence-electron chi connectivity index (χ2n) is 5.85. The molecule has 2 aliphatic rings. The summed E-state index contributed by atoms with van der Waals surface area (Å²) < 4.78 is 27.1. The molecule has 1 heterocycles. The normalized spacial score (nSPS) is 20.2. The van der Waals surface area contributed by atoms with Crippen LogP contribution in [0.1, 0.15) is 5.56 Å². The summed E-state index contributed by atoms with van der Waals surface area (Å²) in [4.78, 5) is 11.6. The maximum Gasteiger partial charge on any atom is 0.243 e. The van der Waals surface area contributed by atoms with Crippen molar-refractivity contribution in [2.45, 2.75) is 11.8 Å². The van der Waals surface area contributed by atoms with Crippen molar-refractivity contribution < 1.29 is 13.2 Å². The summed E-state index contributed by atoms with van der Waals surface area (Å²) in [6, 6.07) is 6.79. The van der Waals surface area contributed by atoms with Gasteiger partial charge in [-0.3, -0.25) is 4.79 Å². The second-order valence-corrected chi connectivity index (χ2v) is 7.79. The molecule has 1 spiro atoms. The molecule has 1 aromatic rings. The molecule has 5 heteroatoms. The number of hydrogen-bond donors (Lipinski definition) is 0. The first-order chi connectivity index (χ1) is 10.9. The highest BCUT2D eigenvalue weighted by molar-refractivity contribution is 7.89. The minimum atomic E-state index is -3.60. The fraction of sp³-hybridized carbons (Fsp3) is 0.222. The maximum atomic E-state index is 12.8. The van der Waals surface area contributed by atoms with E-state index in [1.54, 1.807) is 36.4 Å². The predicted molar refractivity (Wildman–Crippen MR) is 88.3 cm³/mol. The van der Waals surface area contributed by atoms with Gasteiger partial charge in [0.25, 0.3) is 0 Å². The van der Waals surface area contributed by atoms with Crippen molar-refractivity contribution in [2.24, 2.45) is 5.41 Å². The number of ketones is 1. The minimum absolute atomic E-state index is 0.0983. The highest BCUT2D eigenvalue weighted by Gasteiger charge is 2.44. The van der Waals surface area contributed by atoms with Crippen LogP contribution in [0.5, 0.6) is 0 Å². The molecule has 0 N–H and O–H groups in total. The molecule has 0 radical (unpaired) electrons. The molecule has 3 rings (SSSR count). The summed E-state index contributed by atoms with van der Waals surface area (Å²) in [5, 5.41) is 0. The molecule has 4 nitrogen and oxygen atoms in total. The molecule has 1 aliphatic heterocycles. The van der Waals surface area contributed by atoms with Gasteiger partial charge in [-0.1, -0.05) is 36.4 Å². The minimum Gasteiger partial charge on any atom is -0.290 e. The zero-order valence-corrected chi connectivity index (χ0v) is 13.6. The van der Waals surface area contributed by atoms with E-state index >= 15 is 0 Å². The number of carbonyl (C=O) groups is 1. The van der Waals surface area contributed by atoms with Gasteiger partial charge < -0.3 is 0 Å². The van der Waals surface area contributed by atoms with E-state index < -0.39 is 15.4 Å². The van der Waals surface area contributed by atoms with Gasteiger partial charge in [0.05, 0.1) is 10.3 Å². The fourth-order valence-electron chi connectivity index (χ4n) is 2.90. The third kappa shape index (κ3) is 2.63. The van der Waals surface area contributed by atoms with Gasteiger partial charge in [0.1, 0.15) is 0 Å². The molecule has 0 atom stereocenters. The molecule has 0 aromatic heterocycles. The Labute approximate surface area is 136 Å². The van der Waals surface area contributed by atoms with Gasteiger partial charge in [0.2, 0.25) is 10.0 Å². The van der Waals surface area contributed by atoms with Crippen molar-refractivity contribution in [1.29, 1.82) is 0 Å². The second kappa shape index (κ2) is 5.46. The largest absolute Gasteiger partial charge is 0.290 e. The molecule has 1 fully saturated rings. The fourth-order valence-corrected chi connectivity index (χ4v) is 4.36. The zero-order valence-electron chi connectivity index (χ0n) is 12.8. The molecule has 1 aliphatic carbocycles. The SMILES string of the molecule is C=C=C1CN(S(=O)(=O)c2ccc(C)cc2)CC12C=CC(=O)C=C2. The van der Waals surface area contributed by atoms with E-state index in [1.807, 2.05) is 6.92 Å². The van der Waals surface area contributed by atoms with Crippen LogP contribution in [0.4, 0.5) is 0 Å². The Balaban J connectivity index is 1.99. The van der Waals surface area contributed by atoms with E-state index in [4.69, 9.17) is 0 Å². The van der Waals surface area contributed by atoms with Crippen molar-refractivity contribution in [3.05, 3.63) is 72.0 Å². The number of carbonyl (C=O) groups excluding carboxylic acids is 1. The summed E-state index contributed by atoms with van der Waals surface area (Å²) in [6.45, 7) is 6.06. The monoisotopic (exact) mass is 327 g/mol. The number of hydrogen-bond acceptors (Lipinski definition) is 3.